The number of nitrogens with two attached hydrogens (primary N) is 1. The van der Waals surface area contributed by atoms with Gasteiger partial charge in [0.15, 0.2) is 5.78 Å². The largest absolute Gasteiger partial charge is 0.380 e. The molecule has 5 aromatic rings. The summed E-state index contributed by atoms with van der Waals surface area (Å²) in [5.41, 5.74) is 11.3. The summed E-state index contributed by atoms with van der Waals surface area (Å²) >= 11 is 0. The van der Waals surface area contributed by atoms with E-state index in [0.29, 0.717) is 29.8 Å². The van der Waals surface area contributed by atoms with E-state index in [1.54, 1.807) is 13.2 Å². The Hall–Kier alpha value is -4.22. The fourth-order valence-corrected chi connectivity index (χ4v) is 4.62. The van der Waals surface area contributed by atoms with Gasteiger partial charge in [-0.25, -0.2) is 0 Å². The number of rotatable bonds is 7. The lowest BCUT2D eigenvalue weighted by molar-refractivity contribution is 0.1000. The summed E-state index contributed by atoms with van der Waals surface area (Å²) in [6.07, 6.45) is 0. The second kappa shape index (κ2) is 8.96. The third-order valence-electron chi connectivity index (χ3n) is 6.16. The first kappa shape index (κ1) is 21.6. The quantitative estimate of drug-likeness (QED) is 0.343. The molecule has 0 bridgehead atoms. The second-order valence-corrected chi connectivity index (χ2v) is 8.29. The number of primary amides is 1. The molecule has 0 aliphatic carbocycles. The Morgan fingerprint density at radius 1 is 0.824 bits per heavy atom. The van der Waals surface area contributed by atoms with Crippen molar-refractivity contribution in [2.75, 3.05) is 7.11 Å². The van der Waals surface area contributed by atoms with Gasteiger partial charge in [-0.1, -0.05) is 72.8 Å². The van der Waals surface area contributed by atoms with Crippen LogP contribution in [0.15, 0.2) is 91.0 Å². The Balaban J connectivity index is 1.72. The maximum absolute atomic E-state index is 13.3. The van der Waals surface area contributed by atoms with Gasteiger partial charge in [-0.15, -0.1) is 0 Å². The molecule has 0 fully saturated rings. The first-order chi connectivity index (χ1) is 16.6. The molecule has 0 atom stereocenters. The van der Waals surface area contributed by atoms with Crippen LogP contribution in [0.5, 0.6) is 0 Å². The second-order valence-electron chi connectivity index (χ2n) is 8.29. The van der Waals surface area contributed by atoms with Gasteiger partial charge in [0, 0.05) is 46.6 Å². The zero-order valence-electron chi connectivity index (χ0n) is 18.8. The molecule has 34 heavy (non-hydrogen) atoms. The number of carbonyl (C=O) groups excluding carboxylic acids is 2. The summed E-state index contributed by atoms with van der Waals surface area (Å²) in [5.74, 6) is -0.486. The van der Waals surface area contributed by atoms with Crippen molar-refractivity contribution in [2.45, 2.75) is 13.2 Å². The summed E-state index contributed by atoms with van der Waals surface area (Å²) < 4.78 is 7.49. The average Bonchev–Trinajstić information content (AvgIpc) is 3.17. The minimum atomic E-state index is -0.467. The van der Waals surface area contributed by atoms with E-state index in [1.807, 2.05) is 78.9 Å². The van der Waals surface area contributed by atoms with Gasteiger partial charge < -0.3 is 15.0 Å². The molecule has 0 saturated carbocycles. The van der Waals surface area contributed by atoms with Gasteiger partial charge in [0.05, 0.1) is 12.1 Å². The van der Waals surface area contributed by atoms with Crippen LogP contribution >= 0.6 is 0 Å². The van der Waals surface area contributed by atoms with Crippen LogP contribution < -0.4 is 5.73 Å². The topological polar surface area (TPSA) is 74.3 Å². The van der Waals surface area contributed by atoms with Crippen LogP contribution in [0.4, 0.5) is 0 Å². The minimum Gasteiger partial charge on any atom is -0.380 e. The number of benzene rings is 4. The highest BCUT2D eigenvalue weighted by Crippen LogP contribution is 2.33. The van der Waals surface area contributed by atoms with Crippen LogP contribution in [0.2, 0.25) is 0 Å². The van der Waals surface area contributed by atoms with Crippen LogP contribution in [0.1, 0.15) is 37.4 Å². The first-order valence-electron chi connectivity index (χ1n) is 11.1. The van der Waals surface area contributed by atoms with Gasteiger partial charge in [-0.3, -0.25) is 9.59 Å². The molecule has 5 nitrogen and oxygen atoms in total. The number of carbonyl (C=O) groups is 2. The molecule has 0 unspecified atom stereocenters. The number of methoxy groups -OCH3 is 1. The van der Waals surface area contributed by atoms with Crippen LogP contribution in [-0.4, -0.2) is 23.4 Å². The maximum atomic E-state index is 13.3. The molecular formula is C29H24N2O3. The fourth-order valence-electron chi connectivity index (χ4n) is 4.62. The van der Waals surface area contributed by atoms with E-state index in [-0.39, 0.29) is 5.78 Å². The lowest BCUT2D eigenvalue weighted by Gasteiger charge is -2.13. The van der Waals surface area contributed by atoms with Gasteiger partial charge in [-0.2, -0.15) is 0 Å². The summed E-state index contributed by atoms with van der Waals surface area (Å²) in [5, 5.41) is 1.76. The zero-order chi connectivity index (χ0) is 23.7. The highest BCUT2D eigenvalue weighted by atomic mass is 16.5. The van der Waals surface area contributed by atoms with Crippen molar-refractivity contribution in [3.05, 3.63) is 119 Å². The Labute approximate surface area is 197 Å². The van der Waals surface area contributed by atoms with Crippen LogP contribution in [0.3, 0.4) is 0 Å². The number of aromatic nitrogens is 1. The van der Waals surface area contributed by atoms with Gasteiger partial charge in [0.25, 0.3) is 0 Å². The Kier molecular flexibility index (Phi) is 5.70. The lowest BCUT2D eigenvalue weighted by atomic mass is 9.98. The molecule has 5 heteroatoms. The summed E-state index contributed by atoms with van der Waals surface area (Å²) in [7, 11) is 1.66. The van der Waals surface area contributed by atoms with E-state index >= 15 is 0 Å². The normalized spacial score (nSPS) is 11.2. The van der Waals surface area contributed by atoms with Crippen molar-refractivity contribution in [3.8, 4) is 0 Å². The Bertz CT molecular complexity index is 1530. The summed E-state index contributed by atoms with van der Waals surface area (Å²) in [6.45, 7) is 0.941. The van der Waals surface area contributed by atoms with Crippen molar-refractivity contribution >= 4 is 33.5 Å². The highest BCUT2D eigenvalue weighted by Gasteiger charge is 2.19. The van der Waals surface area contributed by atoms with Crippen molar-refractivity contribution in [1.29, 1.82) is 0 Å². The van der Waals surface area contributed by atoms with E-state index < -0.39 is 5.91 Å². The highest BCUT2D eigenvalue weighted by molar-refractivity contribution is 6.18. The number of fused-ring (bicyclic) bond motifs is 3. The number of amides is 1. The monoisotopic (exact) mass is 448 g/mol. The van der Waals surface area contributed by atoms with E-state index in [2.05, 4.69) is 10.6 Å². The molecule has 0 aliphatic rings. The first-order valence-corrected chi connectivity index (χ1v) is 11.1. The molecule has 0 spiro atoms. The summed E-state index contributed by atoms with van der Waals surface area (Å²) in [4.78, 5) is 25.6. The van der Waals surface area contributed by atoms with E-state index in [1.165, 1.54) is 0 Å². The minimum absolute atomic E-state index is 0.0186. The molecule has 0 saturated heterocycles. The predicted octanol–water partition coefficient (Wildman–Crippen LogP) is 5.32. The van der Waals surface area contributed by atoms with E-state index in [9.17, 15) is 9.59 Å². The van der Waals surface area contributed by atoms with E-state index in [0.717, 1.165) is 32.9 Å². The number of ketones is 1. The van der Waals surface area contributed by atoms with Crippen molar-refractivity contribution in [2.24, 2.45) is 5.73 Å². The van der Waals surface area contributed by atoms with Crippen LogP contribution in [0.25, 0.3) is 21.8 Å². The number of ether oxygens (including phenoxy) is 1. The third kappa shape index (κ3) is 3.76. The predicted molar refractivity (Wildman–Crippen MR) is 134 cm³/mol. The molecule has 1 aromatic heterocycles. The number of hydrogen-bond donors (Lipinski definition) is 1. The maximum Gasteiger partial charge on any atom is 0.249 e. The average molecular weight is 449 g/mol. The molecule has 0 aliphatic heterocycles. The van der Waals surface area contributed by atoms with Crippen molar-refractivity contribution in [1.82, 2.24) is 4.57 Å². The molecule has 0 radical (unpaired) electrons. The Morgan fingerprint density at radius 3 is 2.32 bits per heavy atom. The van der Waals surface area contributed by atoms with Gasteiger partial charge in [0.1, 0.15) is 0 Å². The SMILES string of the molecule is COCc1ccc2c3c(C(N)=O)cccc3n(Cc3ccccc3C(=O)c3ccccc3)c2c1. The molecule has 4 aromatic carbocycles. The van der Waals surface area contributed by atoms with Gasteiger partial charge in [-0.05, 0) is 29.3 Å². The third-order valence-corrected chi connectivity index (χ3v) is 6.16. The zero-order valence-corrected chi connectivity index (χ0v) is 18.8. The lowest BCUT2D eigenvalue weighted by Crippen LogP contribution is -2.11. The molecule has 168 valence electrons. The number of hydrogen-bond acceptors (Lipinski definition) is 3. The smallest absolute Gasteiger partial charge is 0.249 e. The van der Waals surface area contributed by atoms with E-state index in [4.69, 9.17) is 10.5 Å². The molecule has 1 amide bonds. The molecule has 2 N–H and O–H groups in total. The van der Waals surface area contributed by atoms with Crippen LogP contribution in [-0.2, 0) is 17.9 Å². The fraction of sp³-hybridized carbons (Fsp3) is 0.103. The standard InChI is InChI=1S/C29H24N2O3/c1-34-18-19-14-15-23-26(16-19)31(25-13-7-12-24(27(23)25)29(30)33)17-21-10-5-6-11-22(21)28(32)20-8-3-2-4-9-20/h2-16H,17-18H2,1H3,(H2,30,33). The molecule has 1 heterocycles. The summed E-state index contributed by atoms with van der Waals surface area (Å²) in [6, 6.07) is 28.6. The number of nitrogens with zero attached hydrogens (tertiary/aromatic N) is 1. The van der Waals surface area contributed by atoms with Crippen molar-refractivity contribution < 1.29 is 14.3 Å². The molecule has 5 rings (SSSR count). The van der Waals surface area contributed by atoms with Crippen molar-refractivity contribution in [3.63, 3.8) is 0 Å². The Morgan fingerprint density at radius 2 is 1.56 bits per heavy atom. The van der Waals surface area contributed by atoms with Gasteiger partial charge >= 0.3 is 0 Å². The van der Waals surface area contributed by atoms with Crippen LogP contribution in [0, 0.1) is 0 Å². The molecular weight excluding hydrogens is 424 g/mol. The van der Waals surface area contributed by atoms with Gasteiger partial charge in [0.2, 0.25) is 5.91 Å².